The predicted molar refractivity (Wildman–Crippen MR) is 76.6 cm³/mol. The third-order valence-corrected chi connectivity index (χ3v) is 3.41. The summed E-state index contributed by atoms with van der Waals surface area (Å²) >= 11 is 1.33. The number of H-pyrrole nitrogens is 1. The first kappa shape index (κ1) is 14.1. The van der Waals surface area contributed by atoms with Gasteiger partial charge in [-0.25, -0.2) is 9.78 Å². The first-order valence-corrected chi connectivity index (χ1v) is 6.74. The molecule has 0 aliphatic rings. The molecule has 0 bridgehead atoms. The number of anilines is 1. The smallest absolute Gasteiger partial charge is 0.337 e. The number of methoxy groups -OCH3 is 1. The normalized spacial score (nSPS) is 10.2. The van der Waals surface area contributed by atoms with E-state index < -0.39 is 0 Å². The zero-order valence-electron chi connectivity index (χ0n) is 10.8. The largest absolute Gasteiger partial charge is 0.465 e. The van der Waals surface area contributed by atoms with Gasteiger partial charge in [0.15, 0.2) is 5.16 Å². The van der Waals surface area contributed by atoms with Crippen LogP contribution in [0.2, 0.25) is 0 Å². The third kappa shape index (κ3) is 3.61. The second-order valence-corrected chi connectivity index (χ2v) is 4.92. The van der Waals surface area contributed by atoms with E-state index in [1.807, 2.05) is 6.07 Å². The molecule has 0 saturated carbocycles. The summed E-state index contributed by atoms with van der Waals surface area (Å²) in [4.78, 5) is 29.3. The lowest BCUT2D eigenvalue weighted by molar-refractivity contribution is 0.0600. The molecular formula is C13H13N3O3S. The number of ether oxygens (including phenoxy) is 1. The molecule has 0 atom stereocenters. The van der Waals surface area contributed by atoms with Crippen molar-refractivity contribution >= 4 is 23.5 Å². The van der Waals surface area contributed by atoms with Crippen molar-refractivity contribution in [2.75, 3.05) is 12.8 Å². The third-order valence-electron chi connectivity index (χ3n) is 2.46. The Balaban J connectivity index is 2.11. The lowest BCUT2D eigenvalue weighted by Crippen LogP contribution is -2.09. The van der Waals surface area contributed by atoms with Crippen molar-refractivity contribution in [1.82, 2.24) is 9.97 Å². The minimum absolute atomic E-state index is 0.180. The number of thioether (sulfide) groups is 1. The number of esters is 1. The fourth-order valence-electron chi connectivity index (χ4n) is 1.58. The number of rotatable bonds is 4. The van der Waals surface area contributed by atoms with Crippen LogP contribution in [0.25, 0.3) is 0 Å². The zero-order chi connectivity index (χ0) is 14.5. The Morgan fingerprint density at radius 2 is 2.25 bits per heavy atom. The first-order chi connectivity index (χ1) is 9.58. The fraction of sp³-hybridized carbons (Fsp3) is 0.154. The first-order valence-electron chi connectivity index (χ1n) is 5.75. The van der Waals surface area contributed by atoms with Crippen molar-refractivity contribution in [3.63, 3.8) is 0 Å². The van der Waals surface area contributed by atoms with Crippen LogP contribution < -0.4 is 11.3 Å². The topological polar surface area (TPSA) is 98.1 Å². The molecule has 0 radical (unpaired) electrons. The van der Waals surface area contributed by atoms with E-state index in [4.69, 9.17) is 5.73 Å². The molecule has 0 spiro atoms. The molecule has 20 heavy (non-hydrogen) atoms. The molecule has 3 N–H and O–H groups in total. The summed E-state index contributed by atoms with van der Waals surface area (Å²) in [5.41, 5.74) is 6.62. The highest BCUT2D eigenvalue weighted by Crippen LogP contribution is 2.19. The Kier molecular flexibility index (Phi) is 4.41. The number of hydrogen-bond acceptors (Lipinski definition) is 6. The van der Waals surface area contributed by atoms with Crippen LogP contribution in [0.4, 0.5) is 5.82 Å². The number of aromatic nitrogens is 2. The SMILES string of the molecule is COC(=O)c1cccc(CSc2nc(N)cc(=O)[nH]2)c1. The summed E-state index contributed by atoms with van der Waals surface area (Å²) in [6.45, 7) is 0. The summed E-state index contributed by atoms with van der Waals surface area (Å²) < 4.78 is 4.66. The fourth-order valence-corrected chi connectivity index (χ4v) is 2.40. The van der Waals surface area contributed by atoms with E-state index in [1.54, 1.807) is 18.2 Å². The van der Waals surface area contributed by atoms with E-state index in [0.29, 0.717) is 16.5 Å². The number of carbonyl (C=O) groups is 1. The number of benzene rings is 1. The summed E-state index contributed by atoms with van der Waals surface area (Å²) in [5, 5.41) is 0.443. The Morgan fingerprint density at radius 1 is 1.45 bits per heavy atom. The van der Waals surface area contributed by atoms with Gasteiger partial charge in [0.2, 0.25) is 0 Å². The van der Waals surface area contributed by atoms with Crippen molar-refractivity contribution in [3.05, 3.63) is 51.8 Å². The lowest BCUT2D eigenvalue weighted by atomic mass is 10.1. The maximum absolute atomic E-state index is 11.4. The Bertz CT molecular complexity index is 685. The van der Waals surface area contributed by atoms with E-state index in [0.717, 1.165) is 5.56 Å². The standard InChI is InChI=1S/C13H13N3O3S/c1-19-12(18)9-4-2-3-8(5-9)7-20-13-15-10(14)6-11(17)16-13/h2-6H,7H2,1H3,(H3,14,15,16,17). The van der Waals surface area contributed by atoms with Gasteiger partial charge >= 0.3 is 5.97 Å². The highest BCUT2D eigenvalue weighted by atomic mass is 32.2. The highest BCUT2D eigenvalue weighted by molar-refractivity contribution is 7.98. The second-order valence-electron chi connectivity index (χ2n) is 3.96. The Morgan fingerprint density at radius 3 is 2.95 bits per heavy atom. The number of hydrogen-bond donors (Lipinski definition) is 2. The zero-order valence-corrected chi connectivity index (χ0v) is 11.6. The van der Waals surface area contributed by atoms with Crippen molar-refractivity contribution in [1.29, 1.82) is 0 Å². The molecule has 0 unspecified atom stereocenters. The molecule has 6 nitrogen and oxygen atoms in total. The number of nitrogen functional groups attached to an aromatic ring is 1. The van der Waals surface area contributed by atoms with Crippen LogP contribution in [0.3, 0.4) is 0 Å². The van der Waals surface area contributed by atoms with Crippen LogP contribution in [0.15, 0.2) is 40.3 Å². The summed E-state index contributed by atoms with van der Waals surface area (Å²) in [6, 6.07) is 8.30. The van der Waals surface area contributed by atoms with Gasteiger partial charge in [0.1, 0.15) is 5.82 Å². The predicted octanol–water partition coefficient (Wildman–Crippen LogP) is 1.43. The van der Waals surface area contributed by atoms with Gasteiger partial charge in [-0.15, -0.1) is 0 Å². The highest BCUT2D eigenvalue weighted by Gasteiger charge is 2.06. The molecule has 0 saturated heterocycles. The molecule has 0 amide bonds. The van der Waals surface area contributed by atoms with Gasteiger partial charge in [-0.1, -0.05) is 23.9 Å². The average Bonchev–Trinajstić information content (AvgIpc) is 2.43. The van der Waals surface area contributed by atoms with Gasteiger partial charge in [0.05, 0.1) is 12.7 Å². The van der Waals surface area contributed by atoms with Gasteiger partial charge in [-0.05, 0) is 17.7 Å². The van der Waals surface area contributed by atoms with E-state index in [9.17, 15) is 9.59 Å². The molecule has 2 rings (SSSR count). The van der Waals surface area contributed by atoms with E-state index >= 15 is 0 Å². The molecule has 1 aromatic heterocycles. The van der Waals surface area contributed by atoms with Crippen molar-refractivity contribution in [2.24, 2.45) is 0 Å². The Hall–Kier alpha value is -2.28. The molecule has 1 aromatic carbocycles. The maximum atomic E-state index is 11.4. The van der Waals surface area contributed by atoms with Gasteiger partial charge in [-0.2, -0.15) is 0 Å². The number of carbonyl (C=O) groups excluding carboxylic acids is 1. The monoisotopic (exact) mass is 291 g/mol. The lowest BCUT2D eigenvalue weighted by Gasteiger charge is -2.04. The van der Waals surface area contributed by atoms with Crippen LogP contribution in [-0.2, 0) is 10.5 Å². The van der Waals surface area contributed by atoms with Gasteiger partial charge in [-0.3, -0.25) is 4.79 Å². The number of nitrogens with zero attached hydrogens (tertiary/aromatic N) is 1. The van der Waals surface area contributed by atoms with Crippen LogP contribution in [0, 0.1) is 0 Å². The number of aromatic amines is 1. The Labute approximate surface area is 119 Å². The van der Waals surface area contributed by atoms with E-state index in [2.05, 4.69) is 14.7 Å². The van der Waals surface area contributed by atoms with Gasteiger partial charge in [0, 0.05) is 11.8 Å². The van der Waals surface area contributed by atoms with Crippen LogP contribution in [0.1, 0.15) is 15.9 Å². The van der Waals surface area contributed by atoms with E-state index in [-0.39, 0.29) is 17.3 Å². The molecule has 0 fully saturated rings. The summed E-state index contributed by atoms with van der Waals surface area (Å²) in [7, 11) is 1.34. The maximum Gasteiger partial charge on any atom is 0.337 e. The average molecular weight is 291 g/mol. The van der Waals surface area contributed by atoms with Gasteiger partial charge in [0.25, 0.3) is 5.56 Å². The minimum atomic E-state index is -0.382. The van der Waals surface area contributed by atoms with Crippen LogP contribution >= 0.6 is 11.8 Å². The molecule has 104 valence electrons. The number of nitrogens with two attached hydrogens (primary N) is 1. The quantitative estimate of drug-likeness (QED) is 0.502. The minimum Gasteiger partial charge on any atom is -0.465 e. The van der Waals surface area contributed by atoms with Gasteiger partial charge < -0.3 is 15.5 Å². The molecular weight excluding hydrogens is 278 g/mol. The molecule has 7 heteroatoms. The summed E-state index contributed by atoms with van der Waals surface area (Å²) in [5.74, 6) is 0.351. The van der Waals surface area contributed by atoms with E-state index in [1.165, 1.54) is 24.9 Å². The van der Waals surface area contributed by atoms with Crippen LogP contribution in [-0.4, -0.2) is 23.0 Å². The number of nitrogens with one attached hydrogen (secondary N) is 1. The van der Waals surface area contributed by atoms with Crippen molar-refractivity contribution in [3.8, 4) is 0 Å². The van der Waals surface area contributed by atoms with Crippen molar-refractivity contribution < 1.29 is 9.53 Å². The molecule has 1 heterocycles. The molecule has 0 aliphatic heterocycles. The van der Waals surface area contributed by atoms with Crippen LogP contribution in [0.5, 0.6) is 0 Å². The molecule has 0 aliphatic carbocycles. The second kappa shape index (κ2) is 6.25. The summed E-state index contributed by atoms with van der Waals surface area (Å²) in [6.07, 6.45) is 0. The molecule has 2 aromatic rings. The van der Waals surface area contributed by atoms with Crippen molar-refractivity contribution in [2.45, 2.75) is 10.9 Å².